The molecule has 1 saturated heterocycles. The summed E-state index contributed by atoms with van der Waals surface area (Å²) in [6, 6.07) is 6.65. The van der Waals surface area contributed by atoms with Crippen molar-refractivity contribution in [2.24, 2.45) is 5.73 Å². The Bertz CT molecular complexity index is 498. The average Bonchev–Trinajstić information content (AvgIpc) is 2.82. The van der Waals surface area contributed by atoms with Gasteiger partial charge in [0.05, 0.1) is 0 Å². The number of primary amides is 1. The molecule has 1 aliphatic heterocycles. The van der Waals surface area contributed by atoms with Gasteiger partial charge in [0.1, 0.15) is 0 Å². The van der Waals surface area contributed by atoms with Crippen LogP contribution in [0.15, 0.2) is 18.2 Å². The second kappa shape index (κ2) is 4.97. The Hall–Kier alpha value is -1.35. The molecule has 1 aromatic rings. The van der Waals surface area contributed by atoms with Crippen molar-refractivity contribution in [3.8, 4) is 0 Å². The monoisotopic (exact) mass is 259 g/mol. The Kier molecular flexibility index (Phi) is 3.31. The lowest BCUT2D eigenvalue weighted by molar-refractivity contribution is 0.0998. The average molecular weight is 259 g/mol. The molecule has 0 radical (unpaired) electrons. The molecular weight excluding hydrogens is 237 g/mol. The number of carbonyl (C=O) groups excluding carboxylic acids is 1. The van der Waals surface area contributed by atoms with E-state index in [0.29, 0.717) is 12.0 Å². The van der Waals surface area contributed by atoms with Crippen LogP contribution in [0.25, 0.3) is 0 Å². The summed E-state index contributed by atoms with van der Waals surface area (Å²) in [7, 11) is 0. The standard InChI is InChI=1S/C16H22N2O/c1-2-9-18-10-8-12-14(18)7-6-11-4-3-5-13(15(11)12)16(17)19/h3-5,12,14H,2,6-10H2,1H3,(H2,17,19)/t12-,14-/m1/s1/i16+1,17+0. The molecule has 1 amide bonds. The maximum Gasteiger partial charge on any atom is 0.248 e. The van der Waals surface area contributed by atoms with Crippen LogP contribution in [0, 0.1) is 0 Å². The number of nitrogens with zero attached hydrogens (tertiary/aromatic N) is 1. The molecule has 19 heavy (non-hydrogen) atoms. The zero-order chi connectivity index (χ0) is 13.4. The zero-order valence-electron chi connectivity index (χ0n) is 11.6. The van der Waals surface area contributed by atoms with Crippen molar-refractivity contribution in [1.82, 2.24) is 4.90 Å². The minimum Gasteiger partial charge on any atom is -0.366 e. The summed E-state index contributed by atoms with van der Waals surface area (Å²) >= 11 is 0. The smallest absolute Gasteiger partial charge is 0.248 e. The third kappa shape index (κ3) is 2.06. The van der Waals surface area contributed by atoms with Crippen LogP contribution in [0.2, 0.25) is 0 Å². The van der Waals surface area contributed by atoms with Gasteiger partial charge in [-0.1, -0.05) is 19.1 Å². The summed E-state index contributed by atoms with van der Waals surface area (Å²) in [4.78, 5) is 14.3. The van der Waals surface area contributed by atoms with Crippen LogP contribution in [-0.2, 0) is 6.42 Å². The topological polar surface area (TPSA) is 46.3 Å². The molecule has 0 saturated carbocycles. The Balaban J connectivity index is 1.99. The van der Waals surface area contributed by atoms with Gasteiger partial charge in [-0.05, 0) is 56.0 Å². The van der Waals surface area contributed by atoms with E-state index in [9.17, 15) is 4.79 Å². The summed E-state index contributed by atoms with van der Waals surface area (Å²) in [6.45, 7) is 4.57. The number of rotatable bonds is 3. The highest BCUT2D eigenvalue weighted by Gasteiger charge is 2.39. The minimum atomic E-state index is -0.272. The van der Waals surface area contributed by atoms with Crippen molar-refractivity contribution in [2.45, 2.75) is 44.6 Å². The van der Waals surface area contributed by atoms with E-state index in [-0.39, 0.29) is 5.91 Å². The Morgan fingerprint density at radius 2 is 2.26 bits per heavy atom. The number of carbonyl (C=O) groups is 1. The summed E-state index contributed by atoms with van der Waals surface area (Å²) in [5.41, 5.74) is 8.91. The van der Waals surface area contributed by atoms with E-state index < -0.39 is 0 Å². The molecule has 2 N–H and O–H groups in total. The van der Waals surface area contributed by atoms with Gasteiger partial charge in [0, 0.05) is 17.5 Å². The van der Waals surface area contributed by atoms with E-state index in [0.717, 1.165) is 18.5 Å². The van der Waals surface area contributed by atoms with Gasteiger partial charge >= 0.3 is 0 Å². The Morgan fingerprint density at radius 3 is 3.00 bits per heavy atom. The summed E-state index contributed by atoms with van der Waals surface area (Å²) < 4.78 is 0. The first kappa shape index (κ1) is 12.7. The zero-order valence-corrected chi connectivity index (χ0v) is 11.6. The number of amides is 1. The Morgan fingerprint density at radius 1 is 1.42 bits per heavy atom. The number of fused-ring (bicyclic) bond motifs is 3. The van der Waals surface area contributed by atoms with Crippen molar-refractivity contribution in [3.05, 3.63) is 34.9 Å². The minimum absolute atomic E-state index is 0.272. The molecular formula is C16H22N2O. The fourth-order valence-electron chi connectivity index (χ4n) is 3.99. The van der Waals surface area contributed by atoms with E-state index >= 15 is 0 Å². The van der Waals surface area contributed by atoms with Crippen molar-refractivity contribution in [3.63, 3.8) is 0 Å². The first-order valence-electron chi connectivity index (χ1n) is 7.38. The highest BCUT2D eigenvalue weighted by Crippen LogP contribution is 2.42. The highest BCUT2D eigenvalue weighted by atomic mass is 16.2. The second-order valence-electron chi connectivity index (χ2n) is 5.78. The van der Waals surface area contributed by atoms with Crippen LogP contribution in [0.1, 0.15) is 53.6 Å². The molecule has 3 heteroatoms. The maximum absolute atomic E-state index is 11.7. The fraction of sp³-hybridized carbons (Fsp3) is 0.562. The van der Waals surface area contributed by atoms with Crippen LogP contribution in [-0.4, -0.2) is 29.9 Å². The van der Waals surface area contributed by atoms with Gasteiger partial charge in [-0.15, -0.1) is 0 Å². The van der Waals surface area contributed by atoms with Gasteiger partial charge in [-0.25, -0.2) is 0 Å². The predicted octanol–water partition coefficient (Wildman–Crippen LogP) is 2.30. The van der Waals surface area contributed by atoms with E-state index in [2.05, 4.69) is 17.9 Å². The molecule has 1 heterocycles. The predicted molar refractivity (Wildman–Crippen MR) is 76.3 cm³/mol. The fourth-order valence-corrected chi connectivity index (χ4v) is 3.99. The van der Waals surface area contributed by atoms with Crippen LogP contribution >= 0.6 is 0 Å². The molecule has 0 unspecified atom stereocenters. The van der Waals surface area contributed by atoms with Crippen LogP contribution in [0.3, 0.4) is 0 Å². The van der Waals surface area contributed by atoms with Crippen molar-refractivity contribution >= 4 is 5.91 Å². The van der Waals surface area contributed by atoms with Gasteiger partial charge in [0.25, 0.3) is 0 Å². The van der Waals surface area contributed by atoms with Crippen molar-refractivity contribution in [2.75, 3.05) is 13.1 Å². The normalized spacial score (nSPS) is 25.9. The quantitative estimate of drug-likeness (QED) is 0.847. The molecule has 102 valence electrons. The SMILES string of the molecule is CCCN1CC[C@H]2c3c(cccc3[13C]([14NH2])=O)CC[C@H]21. The molecule has 2 aliphatic rings. The van der Waals surface area contributed by atoms with Gasteiger partial charge in [0.15, 0.2) is 0 Å². The number of nitrogens with two attached hydrogens (primary N) is 1. The van der Waals surface area contributed by atoms with E-state index in [1.165, 1.54) is 36.9 Å². The maximum atomic E-state index is 11.7. The molecule has 0 aromatic heterocycles. The van der Waals surface area contributed by atoms with Crippen molar-refractivity contribution < 1.29 is 4.79 Å². The van der Waals surface area contributed by atoms with E-state index in [4.69, 9.17) is 5.73 Å². The number of aryl methyl sites for hydroxylation is 1. The first-order valence-corrected chi connectivity index (χ1v) is 7.38. The lowest BCUT2D eigenvalue weighted by atomic mass is 9.78. The molecule has 1 aromatic carbocycles. The lowest BCUT2D eigenvalue weighted by Crippen LogP contribution is -2.36. The second-order valence-corrected chi connectivity index (χ2v) is 5.78. The van der Waals surface area contributed by atoms with Gasteiger partial charge < -0.3 is 5.73 Å². The first-order chi connectivity index (χ1) is 9.22. The Labute approximate surface area is 114 Å². The molecule has 0 bridgehead atoms. The number of hydrogen-bond acceptors (Lipinski definition) is 2. The van der Waals surface area contributed by atoms with Gasteiger partial charge in [-0.2, -0.15) is 0 Å². The highest BCUT2D eigenvalue weighted by molar-refractivity contribution is 5.95. The van der Waals surface area contributed by atoms with Crippen LogP contribution in [0.4, 0.5) is 0 Å². The number of benzene rings is 1. The molecule has 3 nitrogen and oxygen atoms in total. The van der Waals surface area contributed by atoms with Gasteiger partial charge in [-0.3, -0.25) is 9.69 Å². The summed E-state index contributed by atoms with van der Waals surface area (Å²) in [6.07, 6.45) is 4.67. The lowest BCUT2D eigenvalue weighted by Gasteiger charge is -2.34. The van der Waals surface area contributed by atoms with Crippen LogP contribution in [0.5, 0.6) is 0 Å². The molecule has 1 aliphatic carbocycles. The summed E-state index contributed by atoms with van der Waals surface area (Å²) in [5, 5.41) is 0. The third-order valence-electron chi connectivity index (χ3n) is 4.71. The third-order valence-corrected chi connectivity index (χ3v) is 4.71. The van der Waals surface area contributed by atoms with Crippen LogP contribution < -0.4 is 5.73 Å². The van der Waals surface area contributed by atoms with E-state index in [1.54, 1.807) is 0 Å². The van der Waals surface area contributed by atoms with Crippen molar-refractivity contribution in [1.29, 1.82) is 0 Å². The molecule has 0 spiro atoms. The van der Waals surface area contributed by atoms with E-state index in [1.807, 2.05) is 12.1 Å². The van der Waals surface area contributed by atoms with Gasteiger partial charge in [0.2, 0.25) is 5.91 Å². The summed E-state index contributed by atoms with van der Waals surface area (Å²) in [5.74, 6) is 0.241. The number of likely N-dealkylation sites (tertiary alicyclic amines) is 1. The molecule has 1 fully saturated rings. The number of hydrogen-bond donors (Lipinski definition) is 1. The molecule has 3 rings (SSSR count). The largest absolute Gasteiger partial charge is 0.366 e. The molecule has 2 atom stereocenters.